The van der Waals surface area contributed by atoms with Crippen LogP contribution in [0.15, 0.2) is 53.9 Å². The molecule has 3 nitrogen and oxygen atoms in total. The lowest BCUT2D eigenvalue weighted by Crippen LogP contribution is -1.89. The van der Waals surface area contributed by atoms with Gasteiger partial charge in [-0.1, -0.05) is 53.5 Å². The summed E-state index contributed by atoms with van der Waals surface area (Å²) in [5.41, 5.74) is 3.80. The highest BCUT2D eigenvalue weighted by atomic mass is 35.5. The molecule has 7 heteroatoms. The second-order valence-corrected chi connectivity index (χ2v) is 8.55. The summed E-state index contributed by atoms with van der Waals surface area (Å²) in [5.74, 6) is 0. The zero-order valence-corrected chi connectivity index (χ0v) is 16.8. The van der Waals surface area contributed by atoms with Gasteiger partial charge in [-0.05, 0) is 25.1 Å². The minimum Gasteiger partial charge on any atom is -0.331 e. The SMILES string of the molecule is Cc1sc(-c2csc(Nc3cc(Cl)cc(Cl)c3)n2)nc1-c1ccccc1. The Kier molecular flexibility index (Phi) is 4.96. The molecule has 0 aliphatic carbocycles. The van der Waals surface area contributed by atoms with Crippen molar-refractivity contribution >= 4 is 56.7 Å². The zero-order chi connectivity index (χ0) is 18.1. The van der Waals surface area contributed by atoms with E-state index in [9.17, 15) is 0 Å². The third-order valence-corrected chi connectivity index (χ3v) is 5.87. The smallest absolute Gasteiger partial charge is 0.187 e. The molecule has 0 atom stereocenters. The van der Waals surface area contributed by atoms with Crippen molar-refractivity contribution in [3.05, 3.63) is 68.8 Å². The molecular weight excluding hydrogens is 405 g/mol. The lowest BCUT2D eigenvalue weighted by atomic mass is 10.1. The van der Waals surface area contributed by atoms with Gasteiger partial charge < -0.3 is 5.32 Å². The molecule has 4 aromatic rings. The van der Waals surface area contributed by atoms with Crippen molar-refractivity contribution < 1.29 is 0 Å². The Morgan fingerprint density at radius 3 is 2.42 bits per heavy atom. The van der Waals surface area contributed by atoms with Crippen molar-refractivity contribution in [1.29, 1.82) is 0 Å². The van der Waals surface area contributed by atoms with E-state index in [2.05, 4.69) is 29.4 Å². The molecule has 0 aliphatic heterocycles. The molecule has 0 radical (unpaired) electrons. The fraction of sp³-hybridized carbons (Fsp3) is 0.0526. The van der Waals surface area contributed by atoms with E-state index in [1.54, 1.807) is 17.4 Å². The molecule has 2 heterocycles. The van der Waals surface area contributed by atoms with E-state index in [1.807, 2.05) is 35.7 Å². The largest absolute Gasteiger partial charge is 0.331 e. The quantitative estimate of drug-likeness (QED) is 0.378. The van der Waals surface area contributed by atoms with E-state index < -0.39 is 0 Å². The number of nitrogens with zero attached hydrogens (tertiary/aromatic N) is 2. The van der Waals surface area contributed by atoms with Gasteiger partial charge in [0.2, 0.25) is 0 Å². The van der Waals surface area contributed by atoms with Crippen molar-refractivity contribution in [2.24, 2.45) is 0 Å². The van der Waals surface area contributed by atoms with Crippen molar-refractivity contribution in [1.82, 2.24) is 9.97 Å². The van der Waals surface area contributed by atoms with Crippen molar-refractivity contribution in [3.63, 3.8) is 0 Å². The number of rotatable bonds is 4. The molecule has 0 unspecified atom stereocenters. The second kappa shape index (κ2) is 7.37. The number of halogens is 2. The maximum Gasteiger partial charge on any atom is 0.187 e. The Morgan fingerprint density at radius 2 is 1.69 bits per heavy atom. The summed E-state index contributed by atoms with van der Waals surface area (Å²) < 4.78 is 0. The third kappa shape index (κ3) is 3.76. The summed E-state index contributed by atoms with van der Waals surface area (Å²) in [7, 11) is 0. The van der Waals surface area contributed by atoms with Crippen LogP contribution in [-0.2, 0) is 0 Å². The molecular formula is C19H13Cl2N3S2. The van der Waals surface area contributed by atoms with Gasteiger partial charge >= 0.3 is 0 Å². The van der Waals surface area contributed by atoms with Gasteiger partial charge in [0.05, 0.1) is 5.69 Å². The van der Waals surface area contributed by atoms with Crippen LogP contribution in [0.3, 0.4) is 0 Å². The Balaban J connectivity index is 1.60. The number of hydrogen-bond donors (Lipinski definition) is 1. The molecule has 2 aromatic carbocycles. The number of benzene rings is 2. The molecule has 0 amide bonds. The molecule has 26 heavy (non-hydrogen) atoms. The minimum absolute atomic E-state index is 0.583. The Labute approximate surface area is 169 Å². The molecule has 4 rings (SSSR count). The van der Waals surface area contributed by atoms with E-state index in [4.69, 9.17) is 28.2 Å². The summed E-state index contributed by atoms with van der Waals surface area (Å²) in [6.45, 7) is 2.09. The summed E-state index contributed by atoms with van der Waals surface area (Å²) in [6.07, 6.45) is 0. The van der Waals surface area contributed by atoms with E-state index in [-0.39, 0.29) is 0 Å². The second-order valence-electron chi connectivity index (χ2n) is 5.61. The van der Waals surface area contributed by atoms with Crippen LogP contribution in [0.2, 0.25) is 10.0 Å². The molecule has 130 valence electrons. The molecule has 0 spiro atoms. The van der Waals surface area contributed by atoms with Crippen LogP contribution in [0.1, 0.15) is 4.88 Å². The predicted molar refractivity (Wildman–Crippen MR) is 113 cm³/mol. The van der Waals surface area contributed by atoms with Gasteiger partial charge in [0.1, 0.15) is 10.7 Å². The Hall–Kier alpha value is -1.92. The topological polar surface area (TPSA) is 37.8 Å². The fourth-order valence-electron chi connectivity index (χ4n) is 2.55. The third-order valence-electron chi connectivity index (χ3n) is 3.68. The van der Waals surface area contributed by atoms with Gasteiger partial charge in [0.25, 0.3) is 0 Å². The maximum atomic E-state index is 6.05. The van der Waals surface area contributed by atoms with Crippen LogP contribution in [-0.4, -0.2) is 9.97 Å². The van der Waals surface area contributed by atoms with E-state index in [0.29, 0.717) is 10.0 Å². The first-order chi connectivity index (χ1) is 12.6. The fourth-order valence-corrected chi connectivity index (χ4v) is 4.76. The first-order valence-electron chi connectivity index (χ1n) is 7.80. The van der Waals surface area contributed by atoms with Crippen LogP contribution in [0.25, 0.3) is 22.0 Å². The number of anilines is 2. The lowest BCUT2D eigenvalue weighted by Gasteiger charge is -2.03. The summed E-state index contributed by atoms with van der Waals surface area (Å²) in [5, 5.41) is 8.09. The number of nitrogens with one attached hydrogen (secondary N) is 1. The van der Waals surface area contributed by atoms with Crippen LogP contribution in [0.5, 0.6) is 0 Å². The van der Waals surface area contributed by atoms with Crippen LogP contribution in [0, 0.1) is 6.92 Å². The number of thiazole rings is 2. The maximum absolute atomic E-state index is 6.05. The Morgan fingerprint density at radius 1 is 0.962 bits per heavy atom. The van der Waals surface area contributed by atoms with Gasteiger partial charge in [-0.2, -0.15) is 0 Å². The summed E-state index contributed by atoms with van der Waals surface area (Å²) in [6, 6.07) is 15.5. The van der Waals surface area contributed by atoms with E-state index in [1.165, 1.54) is 16.2 Å². The van der Waals surface area contributed by atoms with Gasteiger partial charge in [0.15, 0.2) is 5.13 Å². The number of hydrogen-bond acceptors (Lipinski definition) is 5. The molecule has 0 saturated heterocycles. The van der Waals surface area contributed by atoms with Crippen molar-refractivity contribution in [2.75, 3.05) is 5.32 Å². The summed E-state index contributed by atoms with van der Waals surface area (Å²) in [4.78, 5) is 10.6. The molecule has 0 aliphatic rings. The normalized spacial score (nSPS) is 10.9. The van der Waals surface area contributed by atoms with Crippen LogP contribution in [0.4, 0.5) is 10.8 Å². The van der Waals surface area contributed by atoms with Crippen LogP contribution >= 0.6 is 45.9 Å². The minimum atomic E-state index is 0.583. The first-order valence-corrected chi connectivity index (χ1v) is 10.3. The number of aromatic nitrogens is 2. The molecule has 0 fully saturated rings. The van der Waals surface area contributed by atoms with E-state index in [0.717, 1.165) is 32.8 Å². The molecule has 0 bridgehead atoms. The highest BCUT2D eigenvalue weighted by molar-refractivity contribution is 7.17. The summed E-state index contributed by atoms with van der Waals surface area (Å²) >= 11 is 15.3. The van der Waals surface area contributed by atoms with Gasteiger partial charge in [-0.25, -0.2) is 9.97 Å². The van der Waals surface area contributed by atoms with Gasteiger partial charge in [-0.15, -0.1) is 22.7 Å². The predicted octanol–water partition coefficient (Wildman–Crippen LogP) is 7.29. The van der Waals surface area contributed by atoms with E-state index >= 15 is 0 Å². The zero-order valence-electron chi connectivity index (χ0n) is 13.7. The standard InChI is InChI=1S/C19H13Cl2N3S2/c1-11-17(12-5-3-2-4-6-12)24-18(26-11)16-10-25-19(23-16)22-15-8-13(20)7-14(21)9-15/h2-10H,1H3,(H,22,23). The molecule has 0 saturated carbocycles. The first kappa shape index (κ1) is 17.5. The van der Waals surface area contributed by atoms with Crippen LogP contribution < -0.4 is 5.32 Å². The monoisotopic (exact) mass is 417 g/mol. The average molecular weight is 418 g/mol. The Bertz CT molecular complexity index is 1040. The van der Waals surface area contributed by atoms with Crippen molar-refractivity contribution in [2.45, 2.75) is 6.92 Å². The van der Waals surface area contributed by atoms with Gasteiger partial charge in [-0.3, -0.25) is 0 Å². The van der Waals surface area contributed by atoms with Gasteiger partial charge in [0, 0.05) is 31.6 Å². The highest BCUT2D eigenvalue weighted by Crippen LogP contribution is 2.35. The molecule has 1 N–H and O–H groups in total. The average Bonchev–Trinajstić information content (AvgIpc) is 3.21. The van der Waals surface area contributed by atoms with Crippen molar-refractivity contribution in [3.8, 4) is 22.0 Å². The molecule has 2 aromatic heterocycles. The highest BCUT2D eigenvalue weighted by Gasteiger charge is 2.14. The number of aryl methyl sites for hydroxylation is 1. The lowest BCUT2D eigenvalue weighted by molar-refractivity contribution is 1.32.